The number of nitrogens with zero attached hydrogens (tertiary/aromatic N) is 4. The maximum Gasteiger partial charge on any atom is 0.323 e. The molecule has 29 heavy (non-hydrogen) atoms. The first-order valence-electron chi connectivity index (χ1n) is 8.16. The van der Waals surface area contributed by atoms with Gasteiger partial charge in [0.05, 0.1) is 17.2 Å². The molecule has 1 aliphatic heterocycles. The van der Waals surface area contributed by atoms with Crippen molar-refractivity contribution < 1.29 is 19.1 Å². The van der Waals surface area contributed by atoms with Gasteiger partial charge in [-0.15, -0.1) is 4.94 Å². The summed E-state index contributed by atoms with van der Waals surface area (Å²) in [6, 6.07) is 6.90. The fourth-order valence-corrected chi connectivity index (χ4v) is 3.12. The summed E-state index contributed by atoms with van der Waals surface area (Å²) in [4.78, 5) is 21.7. The molecule has 0 radical (unpaired) electrons. The zero-order valence-electron chi connectivity index (χ0n) is 15.3. The van der Waals surface area contributed by atoms with E-state index in [1.54, 1.807) is 6.92 Å². The maximum absolute atomic E-state index is 13.6. The molecule has 1 aliphatic rings. The number of amidine groups is 1. The molecule has 0 bridgehead atoms. The Morgan fingerprint density at radius 3 is 2.62 bits per heavy atom. The van der Waals surface area contributed by atoms with Crippen LogP contribution in [0.2, 0.25) is 0 Å². The smallest absolute Gasteiger partial charge is 0.323 e. The van der Waals surface area contributed by atoms with E-state index >= 15 is 0 Å². The van der Waals surface area contributed by atoms with Crippen LogP contribution in [0.1, 0.15) is 18.7 Å². The molecular weight excluding hydrogens is 453 g/mol. The molecule has 13 heteroatoms. The Hall–Kier alpha value is -3.16. The zero-order chi connectivity index (χ0) is 21.5. The number of hydrogen-bond acceptors (Lipinski definition) is 8. The lowest BCUT2D eigenvalue weighted by molar-refractivity contribution is -0.392. The summed E-state index contributed by atoms with van der Waals surface area (Å²) in [5, 5.41) is 21.2. The zero-order valence-corrected chi connectivity index (χ0v) is 16.9. The first kappa shape index (κ1) is 20.6. The van der Waals surface area contributed by atoms with Crippen LogP contribution in [0, 0.1) is 21.3 Å². The molecule has 2 aromatic rings. The number of anilines is 1. The first-order chi connectivity index (χ1) is 13.6. The van der Waals surface area contributed by atoms with E-state index in [1.807, 2.05) is 0 Å². The standard InChI is InChI=1S/C16H17BrFN7O4/c1-8(12-5-6-13(22(12)2)24(26)27)28-25-16(21)14(15(19)20)23(29-25)9-3-4-11(18)10(17)7-9/h3-8,21H,19-20H2,1-2H3. The molecule has 2 heterocycles. The Labute approximate surface area is 172 Å². The number of nitrogens with one attached hydrogen (secondary N) is 1. The summed E-state index contributed by atoms with van der Waals surface area (Å²) in [7, 11) is 1.52. The van der Waals surface area contributed by atoms with E-state index in [-0.39, 0.29) is 27.6 Å². The van der Waals surface area contributed by atoms with E-state index < -0.39 is 16.8 Å². The minimum absolute atomic E-state index is 0.00595. The van der Waals surface area contributed by atoms with Crippen molar-refractivity contribution in [3.05, 3.63) is 67.9 Å². The average Bonchev–Trinajstić information content (AvgIpc) is 3.18. The van der Waals surface area contributed by atoms with Gasteiger partial charge < -0.3 is 21.6 Å². The Kier molecular flexibility index (Phi) is 5.46. The number of halogens is 2. The van der Waals surface area contributed by atoms with Crippen LogP contribution < -0.4 is 16.5 Å². The summed E-state index contributed by atoms with van der Waals surface area (Å²) in [6.07, 6.45) is -0.728. The highest BCUT2D eigenvalue weighted by molar-refractivity contribution is 9.10. The van der Waals surface area contributed by atoms with Crippen LogP contribution in [0.3, 0.4) is 0 Å². The predicted octanol–water partition coefficient (Wildman–Crippen LogP) is 2.56. The van der Waals surface area contributed by atoms with Crippen molar-refractivity contribution in [1.82, 2.24) is 9.79 Å². The van der Waals surface area contributed by atoms with Gasteiger partial charge in [-0.05, 0) is 52.0 Å². The maximum atomic E-state index is 13.6. The molecule has 0 saturated carbocycles. The van der Waals surface area contributed by atoms with Gasteiger partial charge in [-0.2, -0.15) is 5.06 Å². The third-order valence-electron chi connectivity index (χ3n) is 4.17. The highest BCUT2D eigenvalue weighted by Gasteiger charge is 2.38. The summed E-state index contributed by atoms with van der Waals surface area (Å²) in [5.74, 6) is -1.12. The molecule has 0 aliphatic carbocycles. The fourth-order valence-electron chi connectivity index (χ4n) is 2.76. The summed E-state index contributed by atoms with van der Waals surface area (Å²) in [6.45, 7) is 1.63. The molecule has 0 amide bonds. The highest BCUT2D eigenvalue weighted by Crippen LogP contribution is 2.33. The van der Waals surface area contributed by atoms with E-state index in [0.29, 0.717) is 11.4 Å². The summed E-state index contributed by atoms with van der Waals surface area (Å²) in [5.41, 5.74) is 12.2. The molecule has 1 saturated heterocycles. The van der Waals surface area contributed by atoms with Crippen molar-refractivity contribution >= 4 is 33.3 Å². The topological polar surface area (TPSA) is 149 Å². The van der Waals surface area contributed by atoms with Crippen molar-refractivity contribution in [3.63, 3.8) is 0 Å². The van der Waals surface area contributed by atoms with Crippen LogP contribution in [-0.4, -0.2) is 20.6 Å². The Morgan fingerprint density at radius 1 is 1.38 bits per heavy atom. The van der Waals surface area contributed by atoms with Crippen molar-refractivity contribution in [3.8, 4) is 0 Å². The van der Waals surface area contributed by atoms with E-state index in [9.17, 15) is 14.5 Å². The molecule has 5 N–H and O–H groups in total. The lowest BCUT2D eigenvalue weighted by Crippen LogP contribution is -2.27. The summed E-state index contributed by atoms with van der Waals surface area (Å²) >= 11 is 3.08. The largest absolute Gasteiger partial charge is 0.384 e. The van der Waals surface area contributed by atoms with Crippen molar-refractivity contribution in [1.29, 1.82) is 5.41 Å². The molecule has 3 rings (SSSR count). The van der Waals surface area contributed by atoms with Gasteiger partial charge in [0.1, 0.15) is 23.4 Å². The van der Waals surface area contributed by atoms with Gasteiger partial charge in [-0.1, -0.05) is 5.23 Å². The number of benzene rings is 1. The fraction of sp³-hybridized carbons (Fsp3) is 0.188. The van der Waals surface area contributed by atoms with Gasteiger partial charge in [0.2, 0.25) is 5.84 Å². The predicted molar refractivity (Wildman–Crippen MR) is 104 cm³/mol. The monoisotopic (exact) mass is 469 g/mol. The van der Waals surface area contributed by atoms with Crippen LogP contribution >= 0.6 is 15.9 Å². The number of aromatic nitrogens is 1. The number of hydroxylamine groups is 3. The second kappa shape index (κ2) is 7.69. The van der Waals surface area contributed by atoms with Gasteiger partial charge in [0, 0.05) is 6.07 Å². The van der Waals surface area contributed by atoms with Gasteiger partial charge >= 0.3 is 5.82 Å². The van der Waals surface area contributed by atoms with E-state index in [4.69, 9.17) is 26.7 Å². The van der Waals surface area contributed by atoms with Crippen LogP contribution in [0.5, 0.6) is 0 Å². The van der Waals surface area contributed by atoms with E-state index in [1.165, 1.54) is 41.9 Å². The number of nitrogens with two attached hydrogens (primary N) is 2. The first-order valence-corrected chi connectivity index (χ1v) is 8.95. The molecule has 1 atom stereocenters. The second-order valence-electron chi connectivity index (χ2n) is 6.06. The van der Waals surface area contributed by atoms with E-state index in [2.05, 4.69) is 15.9 Å². The quantitative estimate of drug-likeness (QED) is 0.446. The molecule has 11 nitrogen and oxygen atoms in total. The minimum Gasteiger partial charge on any atom is -0.384 e. The van der Waals surface area contributed by atoms with Crippen molar-refractivity contribution in [2.45, 2.75) is 13.0 Å². The Balaban J connectivity index is 1.87. The molecule has 1 aromatic heterocycles. The van der Waals surface area contributed by atoms with Crippen LogP contribution in [0.4, 0.5) is 15.9 Å². The molecule has 0 spiro atoms. The van der Waals surface area contributed by atoms with E-state index in [0.717, 1.165) is 10.3 Å². The number of hydrogen-bond donors (Lipinski definition) is 3. The molecular formula is C16H17BrFN7O4. The van der Waals surface area contributed by atoms with Gasteiger partial charge in [0.15, 0.2) is 5.70 Å². The number of nitro groups is 1. The van der Waals surface area contributed by atoms with Gasteiger partial charge in [-0.25, -0.2) is 13.8 Å². The molecule has 1 aromatic carbocycles. The van der Waals surface area contributed by atoms with Crippen LogP contribution in [-0.2, 0) is 16.8 Å². The van der Waals surface area contributed by atoms with Gasteiger partial charge in [0.25, 0.3) is 0 Å². The van der Waals surface area contributed by atoms with Crippen LogP contribution in [0.15, 0.2) is 46.3 Å². The second-order valence-corrected chi connectivity index (χ2v) is 6.92. The molecule has 1 unspecified atom stereocenters. The highest BCUT2D eigenvalue weighted by atomic mass is 79.9. The number of rotatable bonds is 5. The Morgan fingerprint density at radius 2 is 2.07 bits per heavy atom. The third-order valence-corrected chi connectivity index (χ3v) is 4.78. The average molecular weight is 470 g/mol. The van der Waals surface area contributed by atoms with Crippen molar-refractivity contribution in [2.75, 3.05) is 5.06 Å². The molecule has 154 valence electrons. The van der Waals surface area contributed by atoms with Crippen LogP contribution in [0.25, 0.3) is 0 Å². The molecule has 1 fully saturated rings. The normalized spacial score (nSPS) is 15.2. The minimum atomic E-state index is -0.728. The summed E-state index contributed by atoms with van der Waals surface area (Å²) < 4.78 is 15.1. The lowest BCUT2D eigenvalue weighted by Gasteiger charge is -2.20. The lowest BCUT2D eigenvalue weighted by atomic mass is 10.3. The SMILES string of the molecule is CC(ON1ON(c2ccc(F)c(Br)c2)C(=C(N)N)C1=N)c1ccc([N+](=O)[O-])n1C. The third kappa shape index (κ3) is 3.74. The van der Waals surface area contributed by atoms with Crippen molar-refractivity contribution in [2.24, 2.45) is 18.5 Å². The Bertz CT molecular complexity index is 1020. The van der Waals surface area contributed by atoms with Gasteiger partial charge in [-0.3, -0.25) is 5.41 Å².